The number of carbonyl (C=O) groups excluding carboxylic acids is 2. The summed E-state index contributed by atoms with van der Waals surface area (Å²) >= 11 is 10.2. The second kappa shape index (κ2) is 10.8. The molecule has 0 aliphatic carbocycles. The minimum absolute atomic E-state index is 0.0146. The van der Waals surface area contributed by atoms with Crippen molar-refractivity contribution in [1.82, 2.24) is 9.88 Å². The van der Waals surface area contributed by atoms with Crippen molar-refractivity contribution in [3.8, 4) is 0 Å². The van der Waals surface area contributed by atoms with Crippen LogP contribution in [0.25, 0.3) is 0 Å². The van der Waals surface area contributed by atoms with Crippen molar-refractivity contribution >= 4 is 51.9 Å². The predicted molar refractivity (Wildman–Crippen MR) is 130 cm³/mol. The molecule has 1 aliphatic heterocycles. The lowest BCUT2D eigenvalue weighted by molar-refractivity contribution is -0.140. The molecule has 1 amide bonds. The summed E-state index contributed by atoms with van der Waals surface area (Å²) in [6.45, 7) is 6.10. The zero-order valence-electron chi connectivity index (χ0n) is 18.9. The Kier molecular flexibility index (Phi) is 8.44. The lowest BCUT2D eigenvalue weighted by Crippen LogP contribution is -2.59. The van der Waals surface area contributed by atoms with Gasteiger partial charge in [0.1, 0.15) is 11.0 Å². The zero-order chi connectivity index (χ0) is 25.2. The number of aromatic nitrogens is 1. The van der Waals surface area contributed by atoms with E-state index in [1.165, 1.54) is 25.1 Å². The monoisotopic (exact) mass is 531 g/mol. The van der Waals surface area contributed by atoms with E-state index in [4.69, 9.17) is 23.2 Å². The summed E-state index contributed by atoms with van der Waals surface area (Å²) in [4.78, 5) is 33.1. The highest BCUT2D eigenvalue weighted by Crippen LogP contribution is 2.29. The number of rotatable bonds is 7. The highest BCUT2D eigenvalue weighted by Gasteiger charge is 2.40. The van der Waals surface area contributed by atoms with Crippen LogP contribution in [0.5, 0.6) is 0 Å². The van der Waals surface area contributed by atoms with Gasteiger partial charge in [-0.2, -0.15) is 8.78 Å². The number of hydrogen-bond donors (Lipinski definition) is 0. The molecule has 1 aliphatic rings. The Bertz CT molecular complexity index is 1080. The molecule has 0 radical (unpaired) electrons. The fourth-order valence-electron chi connectivity index (χ4n) is 3.79. The van der Waals surface area contributed by atoms with Gasteiger partial charge in [-0.1, -0.05) is 36.2 Å². The average molecular weight is 532 g/mol. The van der Waals surface area contributed by atoms with E-state index in [1.807, 2.05) is 26.0 Å². The fourth-order valence-corrected chi connectivity index (χ4v) is 5.49. The average Bonchev–Trinajstić information content (AvgIpc) is 2.80. The first kappa shape index (κ1) is 26.7. The fraction of sp³-hybridized carbons (Fsp3) is 0.435. The van der Waals surface area contributed by atoms with E-state index in [-0.39, 0.29) is 33.5 Å². The molecule has 1 aromatic heterocycles. The lowest BCUT2D eigenvalue weighted by Gasteiger charge is -2.45. The van der Waals surface area contributed by atoms with Gasteiger partial charge < -0.3 is 14.4 Å². The Morgan fingerprint density at radius 3 is 2.50 bits per heavy atom. The van der Waals surface area contributed by atoms with E-state index >= 15 is 0 Å². The number of carbonyl (C=O) groups is 2. The molecule has 184 valence electrons. The summed E-state index contributed by atoms with van der Waals surface area (Å²) in [5.74, 6) is -5.31. The van der Waals surface area contributed by atoms with Gasteiger partial charge in [0.25, 0.3) is 11.7 Å². The first-order chi connectivity index (χ1) is 16.0. The molecule has 0 saturated carbocycles. The third kappa shape index (κ3) is 5.64. The number of Topliss-reactive ketones (excluding diaryl/α,β-unsaturated/α-hetero) is 1. The van der Waals surface area contributed by atoms with Crippen molar-refractivity contribution in [2.45, 2.75) is 50.1 Å². The van der Waals surface area contributed by atoms with Gasteiger partial charge in [-0.15, -0.1) is 0 Å². The van der Waals surface area contributed by atoms with Gasteiger partial charge in [0.15, 0.2) is 10.6 Å². The van der Waals surface area contributed by atoms with Gasteiger partial charge in [-0.25, -0.2) is 4.98 Å². The summed E-state index contributed by atoms with van der Waals surface area (Å²) in [6, 6.07) is 9.35. The summed E-state index contributed by atoms with van der Waals surface area (Å²) in [7, 11) is 0. The number of anilines is 1. The van der Waals surface area contributed by atoms with E-state index < -0.39 is 35.1 Å². The Labute approximate surface area is 210 Å². The Morgan fingerprint density at radius 2 is 1.88 bits per heavy atom. The summed E-state index contributed by atoms with van der Waals surface area (Å²) in [5.41, 5.74) is 0.282. The van der Waals surface area contributed by atoms with Gasteiger partial charge in [0, 0.05) is 37.2 Å². The Morgan fingerprint density at radius 1 is 1.18 bits per heavy atom. The molecule has 1 saturated heterocycles. The van der Waals surface area contributed by atoms with Crippen LogP contribution in [-0.2, 0) is 16.0 Å². The van der Waals surface area contributed by atoms with Crippen LogP contribution in [-0.4, -0.2) is 63.0 Å². The SMILES string of the molecule is CCC(F)(F)C(=O)C[S+]([O-])c1ccc(C(=O)N2CCN(c3cccc(Cl)n3)C(C)C2C)cc1Cl. The number of ketones is 1. The largest absolute Gasteiger partial charge is 0.611 e. The molecule has 3 atom stereocenters. The number of pyridine rings is 1. The van der Waals surface area contributed by atoms with E-state index in [2.05, 4.69) is 9.88 Å². The van der Waals surface area contributed by atoms with Gasteiger partial charge in [0.2, 0.25) is 0 Å². The standard InChI is InChI=1S/C23H25Cl2F2N3O3S/c1-4-23(26,27)19(31)13-34(33)18-9-8-16(12-17(18)24)22(32)30-11-10-29(14(2)15(30)3)21-7-5-6-20(25)28-21/h5-9,12,14-15H,4,10-11,13H2,1-3H3. The van der Waals surface area contributed by atoms with E-state index in [0.717, 1.165) is 5.82 Å². The minimum Gasteiger partial charge on any atom is -0.611 e. The summed E-state index contributed by atoms with van der Waals surface area (Å²) < 4.78 is 39.6. The normalized spacial score (nSPS) is 19.8. The molecule has 3 rings (SSSR count). The molecule has 1 aromatic carbocycles. The predicted octanol–water partition coefficient (Wildman–Crippen LogP) is 4.85. The molecular formula is C23H25Cl2F2N3O3S. The third-order valence-corrected chi connectivity index (χ3v) is 8.06. The van der Waals surface area contributed by atoms with Gasteiger partial charge in [-0.3, -0.25) is 9.59 Å². The molecule has 2 heterocycles. The van der Waals surface area contributed by atoms with Crippen LogP contribution in [0.3, 0.4) is 0 Å². The summed E-state index contributed by atoms with van der Waals surface area (Å²) in [6.07, 6.45) is -0.665. The maximum atomic E-state index is 13.5. The Balaban J connectivity index is 1.73. The maximum absolute atomic E-state index is 13.5. The number of alkyl halides is 2. The first-order valence-corrected chi connectivity index (χ1v) is 12.8. The van der Waals surface area contributed by atoms with E-state index in [1.54, 1.807) is 11.0 Å². The molecule has 34 heavy (non-hydrogen) atoms. The van der Waals surface area contributed by atoms with Gasteiger partial charge >= 0.3 is 5.92 Å². The van der Waals surface area contributed by atoms with E-state index in [0.29, 0.717) is 18.2 Å². The Hall–Kier alpha value is -1.94. The second-order valence-electron chi connectivity index (χ2n) is 8.11. The topological polar surface area (TPSA) is 76.6 Å². The summed E-state index contributed by atoms with van der Waals surface area (Å²) in [5, 5.41) is 0.377. The number of amides is 1. The number of hydrogen-bond acceptors (Lipinski definition) is 5. The molecule has 6 nitrogen and oxygen atoms in total. The maximum Gasteiger partial charge on any atom is 0.309 e. The molecule has 0 spiro atoms. The quantitative estimate of drug-likeness (QED) is 0.377. The van der Waals surface area contributed by atoms with Crippen LogP contribution in [0.1, 0.15) is 37.6 Å². The molecule has 2 aromatic rings. The van der Waals surface area contributed by atoms with Crippen molar-refractivity contribution < 1.29 is 22.9 Å². The van der Waals surface area contributed by atoms with Gasteiger partial charge in [0.05, 0.1) is 5.02 Å². The minimum atomic E-state index is -3.53. The lowest BCUT2D eigenvalue weighted by atomic mass is 10.0. The zero-order valence-corrected chi connectivity index (χ0v) is 21.3. The molecule has 0 N–H and O–H groups in total. The smallest absolute Gasteiger partial charge is 0.309 e. The molecule has 0 bridgehead atoms. The van der Waals surface area contributed by atoms with Gasteiger partial charge in [-0.05, 0) is 55.4 Å². The van der Waals surface area contributed by atoms with Crippen molar-refractivity contribution in [2.24, 2.45) is 0 Å². The third-order valence-electron chi connectivity index (χ3n) is 6.06. The van der Waals surface area contributed by atoms with Crippen LogP contribution in [0.4, 0.5) is 14.6 Å². The first-order valence-electron chi connectivity index (χ1n) is 10.8. The number of nitrogens with zero attached hydrogens (tertiary/aromatic N) is 3. The van der Waals surface area contributed by atoms with Crippen LogP contribution < -0.4 is 4.90 Å². The number of benzene rings is 1. The number of halogens is 4. The highest BCUT2D eigenvalue weighted by atomic mass is 35.5. The number of piperazine rings is 1. The molecule has 11 heteroatoms. The van der Waals surface area contributed by atoms with E-state index in [9.17, 15) is 22.9 Å². The van der Waals surface area contributed by atoms with Crippen LogP contribution >= 0.6 is 23.2 Å². The molecular weight excluding hydrogens is 507 g/mol. The van der Waals surface area contributed by atoms with Crippen molar-refractivity contribution in [3.05, 3.63) is 52.1 Å². The second-order valence-corrected chi connectivity index (χ2v) is 10.3. The van der Waals surface area contributed by atoms with Crippen LogP contribution in [0.2, 0.25) is 10.2 Å². The highest BCUT2D eigenvalue weighted by molar-refractivity contribution is 7.92. The van der Waals surface area contributed by atoms with Crippen LogP contribution in [0, 0.1) is 0 Å². The molecule has 1 fully saturated rings. The van der Waals surface area contributed by atoms with Crippen molar-refractivity contribution in [3.63, 3.8) is 0 Å². The molecule has 3 unspecified atom stereocenters. The van der Waals surface area contributed by atoms with Crippen molar-refractivity contribution in [1.29, 1.82) is 0 Å². The van der Waals surface area contributed by atoms with Crippen molar-refractivity contribution in [2.75, 3.05) is 23.7 Å². The van der Waals surface area contributed by atoms with Crippen LogP contribution in [0.15, 0.2) is 41.3 Å².